The molecule has 37 heavy (non-hydrogen) atoms. The zero-order valence-electron chi connectivity index (χ0n) is 26.7. The maximum atomic E-state index is 7.13. The van der Waals surface area contributed by atoms with Gasteiger partial charge in [-0.15, -0.1) is 0 Å². The molecule has 3 fully saturated rings. The average molecular weight is 525 g/mol. The van der Waals surface area contributed by atoms with E-state index in [4.69, 9.17) is 4.43 Å². The largest absolute Gasteiger partial charge is 0.413 e. The maximum Gasteiger partial charge on any atom is 0.192 e. The molecular formula is C35H60OSi. The Bertz CT molecular complexity index is 954. The van der Waals surface area contributed by atoms with Crippen molar-refractivity contribution in [1.82, 2.24) is 0 Å². The molecule has 0 aromatic carbocycles. The Hall–Kier alpha value is -0.603. The van der Waals surface area contributed by atoms with Gasteiger partial charge in [-0.1, -0.05) is 90.3 Å². The molecular weight excluding hydrogens is 464 g/mol. The minimum atomic E-state index is -1.81. The Morgan fingerprint density at radius 3 is 2.30 bits per heavy atom. The van der Waals surface area contributed by atoms with Crippen LogP contribution >= 0.6 is 0 Å². The molecule has 0 aliphatic heterocycles. The summed E-state index contributed by atoms with van der Waals surface area (Å²) in [7, 11) is -1.81. The summed E-state index contributed by atoms with van der Waals surface area (Å²) in [5.74, 6) is 3.24. The van der Waals surface area contributed by atoms with Crippen LogP contribution in [0.2, 0.25) is 18.1 Å². The lowest BCUT2D eigenvalue weighted by Gasteiger charge is -2.60. The fourth-order valence-corrected chi connectivity index (χ4v) is 10.7. The van der Waals surface area contributed by atoms with Gasteiger partial charge in [0.25, 0.3) is 0 Å². The first-order chi connectivity index (χ1) is 16.9. The van der Waals surface area contributed by atoms with E-state index in [9.17, 15) is 0 Å². The third-order valence-corrected chi connectivity index (χ3v) is 17.0. The van der Waals surface area contributed by atoms with E-state index < -0.39 is 8.32 Å². The van der Waals surface area contributed by atoms with Crippen LogP contribution in [-0.2, 0) is 4.43 Å². The molecule has 1 nitrogen and oxygen atoms in total. The van der Waals surface area contributed by atoms with Gasteiger partial charge in [0, 0.05) is 5.41 Å². The molecule has 4 rings (SSSR count). The van der Waals surface area contributed by atoms with Crippen LogP contribution in [0.5, 0.6) is 0 Å². The minimum Gasteiger partial charge on any atom is -0.413 e. The van der Waals surface area contributed by atoms with Crippen LogP contribution < -0.4 is 0 Å². The van der Waals surface area contributed by atoms with Gasteiger partial charge in [-0.05, 0) is 118 Å². The standard InChI is InChI=1S/C35H60OSi/c1-24(2)14-13-15-25(3)27-17-18-28-26-16-19-30-33(7,8)31(36-37(11,12)32(4,5)6)21-23-35(30,10)29(26)20-22-34(27,28)9/h14,16,19,25,27-29,31H,13,15,17-18,20-23H2,1-12H3/t25-,27-,28+,29+,31?,34-,35-/m1/s1. The van der Waals surface area contributed by atoms with E-state index in [-0.39, 0.29) is 10.5 Å². The number of hydrogen-bond donors (Lipinski definition) is 0. The Kier molecular flexibility index (Phi) is 7.78. The number of fused-ring (bicyclic) bond motifs is 5. The zero-order chi connectivity index (χ0) is 27.6. The second-order valence-electron chi connectivity index (χ2n) is 16.5. The molecule has 2 heteroatoms. The van der Waals surface area contributed by atoms with E-state index in [1.165, 1.54) is 56.9 Å². The van der Waals surface area contributed by atoms with Crippen LogP contribution in [-0.4, -0.2) is 14.4 Å². The van der Waals surface area contributed by atoms with E-state index in [1.807, 2.05) is 5.57 Å². The topological polar surface area (TPSA) is 9.23 Å². The summed E-state index contributed by atoms with van der Waals surface area (Å²) in [6, 6.07) is 0. The fraction of sp³-hybridized carbons (Fsp3) is 0.829. The second-order valence-corrected chi connectivity index (χ2v) is 21.2. The highest BCUT2D eigenvalue weighted by molar-refractivity contribution is 6.74. The summed E-state index contributed by atoms with van der Waals surface area (Å²) in [5.41, 5.74) is 5.89. The number of allylic oxidation sites excluding steroid dienone is 5. The van der Waals surface area contributed by atoms with E-state index in [2.05, 4.69) is 101 Å². The van der Waals surface area contributed by atoms with Gasteiger partial charge >= 0.3 is 0 Å². The monoisotopic (exact) mass is 524 g/mol. The summed E-state index contributed by atoms with van der Waals surface area (Å²) in [4.78, 5) is 0. The third-order valence-electron chi connectivity index (χ3n) is 12.5. The van der Waals surface area contributed by atoms with Crippen molar-refractivity contribution in [2.75, 3.05) is 0 Å². The quantitative estimate of drug-likeness (QED) is 0.248. The average Bonchev–Trinajstić information content (AvgIpc) is 3.12. The Labute approximate surface area is 232 Å². The molecule has 7 atom stereocenters. The maximum absolute atomic E-state index is 7.13. The smallest absolute Gasteiger partial charge is 0.192 e. The first-order valence-corrected chi connectivity index (χ1v) is 18.6. The molecule has 0 saturated heterocycles. The summed E-state index contributed by atoms with van der Waals surface area (Å²) in [5, 5.41) is 0.257. The van der Waals surface area contributed by atoms with Crippen LogP contribution in [0, 0.1) is 39.9 Å². The van der Waals surface area contributed by atoms with E-state index in [0.717, 1.165) is 23.7 Å². The molecule has 0 heterocycles. The molecule has 1 unspecified atom stereocenters. The summed E-state index contributed by atoms with van der Waals surface area (Å²) in [6.07, 6.45) is 18.8. The lowest BCUT2D eigenvalue weighted by Crippen LogP contribution is -2.55. The van der Waals surface area contributed by atoms with Gasteiger partial charge < -0.3 is 4.43 Å². The molecule has 0 amide bonds. The minimum absolute atomic E-state index is 0.100. The van der Waals surface area contributed by atoms with Gasteiger partial charge in [0.15, 0.2) is 8.32 Å². The fourth-order valence-electron chi connectivity index (χ4n) is 9.25. The van der Waals surface area contributed by atoms with Crippen molar-refractivity contribution >= 4 is 8.32 Å². The summed E-state index contributed by atoms with van der Waals surface area (Å²) >= 11 is 0. The van der Waals surface area contributed by atoms with E-state index in [1.54, 1.807) is 5.57 Å². The van der Waals surface area contributed by atoms with Gasteiger partial charge in [-0.25, -0.2) is 0 Å². The molecule has 0 bridgehead atoms. The van der Waals surface area contributed by atoms with Crippen molar-refractivity contribution in [1.29, 1.82) is 0 Å². The second kappa shape index (κ2) is 9.79. The van der Waals surface area contributed by atoms with Gasteiger partial charge in [-0.2, -0.15) is 0 Å². The molecule has 210 valence electrons. The van der Waals surface area contributed by atoms with Crippen LogP contribution in [0.1, 0.15) is 121 Å². The predicted molar refractivity (Wildman–Crippen MR) is 164 cm³/mol. The number of hydrogen-bond acceptors (Lipinski definition) is 1. The summed E-state index contributed by atoms with van der Waals surface area (Å²) < 4.78 is 7.13. The zero-order valence-corrected chi connectivity index (χ0v) is 27.7. The van der Waals surface area contributed by atoms with Gasteiger partial charge in [0.1, 0.15) is 0 Å². The van der Waals surface area contributed by atoms with Crippen molar-refractivity contribution in [3.05, 3.63) is 34.9 Å². The molecule has 0 aromatic rings. The molecule has 0 aromatic heterocycles. The van der Waals surface area contributed by atoms with Crippen molar-refractivity contribution in [2.24, 2.45) is 39.9 Å². The lowest BCUT2D eigenvalue weighted by molar-refractivity contribution is -0.0112. The Balaban J connectivity index is 1.59. The van der Waals surface area contributed by atoms with Gasteiger partial charge in [0.05, 0.1) is 6.10 Å². The SMILES string of the molecule is CC(C)=CCC[C@@H](C)[C@H]1CC[C@H]2C3=CC=C4C(C)(C)C(O[Si](C)(C)C(C)(C)C)CC[C@]4(C)[C@H]3CC[C@]12C. The van der Waals surface area contributed by atoms with Gasteiger partial charge in [0.2, 0.25) is 0 Å². The molecule has 0 spiro atoms. The lowest BCUT2D eigenvalue weighted by atomic mass is 9.46. The van der Waals surface area contributed by atoms with Crippen molar-refractivity contribution in [2.45, 2.75) is 145 Å². The van der Waals surface area contributed by atoms with Crippen LogP contribution in [0.25, 0.3) is 0 Å². The third kappa shape index (κ3) is 4.94. The molecule has 0 N–H and O–H groups in total. The Morgan fingerprint density at radius 1 is 1.00 bits per heavy atom. The van der Waals surface area contributed by atoms with Crippen molar-refractivity contribution in [3.63, 3.8) is 0 Å². The molecule has 0 radical (unpaired) electrons. The van der Waals surface area contributed by atoms with Crippen molar-refractivity contribution in [3.8, 4) is 0 Å². The Morgan fingerprint density at radius 2 is 1.68 bits per heavy atom. The molecule has 3 saturated carbocycles. The van der Waals surface area contributed by atoms with Crippen LogP contribution in [0.3, 0.4) is 0 Å². The highest BCUT2D eigenvalue weighted by atomic mass is 28.4. The highest BCUT2D eigenvalue weighted by Crippen LogP contribution is 2.68. The normalized spacial score (nSPS) is 38.1. The van der Waals surface area contributed by atoms with Crippen LogP contribution in [0.4, 0.5) is 0 Å². The highest BCUT2D eigenvalue weighted by Gasteiger charge is 2.60. The van der Waals surface area contributed by atoms with E-state index in [0.29, 0.717) is 16.9 Å². The van der Waals surface area contributed by atoms with E-state index >= 15 is 0 Å². The summed E-state index contributed by atoms with van der Waals surface area (Å²) in [6.45, 7) is 29.4. The number of rotatable bonds is 6. The first kappa shape index (κ1) is 29.4. The van der Waals surface area contributed by atoms with Crippen molar-refractivity contribution < 1.29 is 4.43 Å². The molecule has 4 aliphatic rings. The first-order valence-electron chi connectivity index (χ1n) is 15.7. The molecule has 4 aliphatic carbocycles. The van der Waals surface area contributed by atoms with Crippen LogP contribution in [0.15, 0.2) is 34.9 Å². The van der Waals surface area contributed by atoms with Gasteiger partial charge in [-0.3, -0.25) is 0 Å². The predicted octanol–water partition coefficient (Wildman–Crippen LogP) is 10.9.